The molecule has 0 heterocycles. The van der Waals surface area contributed by atoms with Crippen molar-refractivity contribution in [3.8, 4) is 5.75 Å². The van der Waals surface area contributed by atoms with E-state index < -0.39 is 18.1 Å². The number of nitrogens with one attached hydrogen (secondary N) is 3. The SMILES string of the molecule is O=C(Nc1cc(NCCO)cc(OC(F)(F)F)c1)Nc1ccccc1CO. The molecule has 146 valence electrons. The number of aliphatic hydroxyl groups is 2. The number of anilines is 3. The molecular formula is C17H18F3N3O4. The lowest BCUT2D eigenvalue weighted by Crippen LogP contribution is -2.21. The summed E-state index contributed by atoms with van der Waals surface area (Å²) in [6, 6.07) is 9.30. The molecule has 0 unspecified atom stereocenters. The van der Waals surface area contributed by atoms with Crippen LogP contribution in [0.4, 0.5) is 35.0 Å². The number of alkyl halides is 3. The summed E-state index contributed by atoms with van der Waals surface area (Å²) < 4.78 is 41.3. The predicted molar refractivity (Wildman–Crippen MR) is 93.7 cm³/mol. The molecule has 5 N–H and O–H groups in total. The molecule has 0 aliphatic carbocycles. The van der Waals surface area contributed by atoms with Crippen molar-refractivity contribution in [1.82, 2.24) is 0 Å². The minimum atomic E-state index is -4.89. The molecule has 2 aromatic rings. The van der Waals surface area contributed by atoms with E-state index in [1.807, 2.05) is 0 Å². The Labute approximate surface area is 152 Å². The summed E-state index contributed by atoms with van der Waals surface area (Å²) in [6.45, 7) is -0.420. The Morgan fingerprint density at radius 2 is 1.74 bits per heavy atom. The van der Waals surface area contributed by atoms with E-state index in [2.05, 4.69) is 20.7 Å². The van der Waals surface area contributed by atoms with Crippen molar-refractivity contribution in [2.45, 2.75) is 13.0 Å². The van der Waals surface area contributed by atoms with Gasteiger partial charge in [-0.2, -0.15) is 0 Å². The van der Waals surface area contributed by atoms with Gasteiger partial charge in [0.1, 0.15) is 5.75 Å². The smallest absolute Gasteiger partial charge is 0.406 e. The monoisotopic (exact) mass is 385 g/mol. The number of benzene rings is 2. The number of aliphatic hydroxyl groups excluding tert-OH is 2. The van der Waals surface area contributed by atoms with Crippen molar-refractivity contribution in [3.63, 3.8) is 0 Å². The lowest BCUT2D eigenvalue weighted by molar-refractivity contribution is -0.274. The first kappa shape index (κ1) is 20.3. The Bertz CT molecular complexity index is 784. The van der Waals surface area contributed by atoms with Crippen LogP contribution in [-0.4, -0.2) is 35.8 Å². The second-order valence-electron chi connectivity index (χ2n) is 5.34. The van der Waals surface area contributed by atoms with E-state index in [9.17, 15) is 23.1 Å². The van der Waals surface area contributed by atoms with Crippen LogP contribution in [0.2, 0.25) is 0 Å². The zero-order valence-corrected chi connectivity index (χ0v) is 14.0. The number of hydrogen-bond donors (Lipinski definition) is 5. The zero-order valence-electron chi connectivity index (χ0n) is 14.0. The Kier molecular flexibility index (Phi) is 6.85. The summed E-state index contributed by atoms with van der Waals surface area (Å²) in [5.74, 6) is -0.531. The van der Waals surface area contributed by atoms with Gasteiger partial charge in [-0.3, -0.25) is 0 Å². The fourth-order valence-corrected chi connectivity index (χ4v) is 2.23. The molecule has 0 saturated heterocycles. The van der Waals surface area contributed by atoms with Gasteiger partial charge in [-0.1, -0.05) is 18.2 Å². The maximum absolute atomic E-state index is 12.5. The largest absolute Gasteiger partial charge is 0.573 e. The third kappa shape index (κ3) is 6.68. The van der Waals surface area contributed by atoms with E-state index >= 15 is 0 Å². The number of hydrogen-bond acceptors (Lipinski definition) is 5. The summed E-state index contributed by atoms with van der Waals surface area (Å²) >= 11 is 0. The highest BCUT2D eigenvalue weighted by molar-refractivity contribution is 6.00. The number of para-hydroxylation sites is 1. The first-order chi connectivity index (χ1) is 12.8. The van der Waals surface area contributed by atoms with Crippen LogP contribution in [0.5, 0.6) is 5.75 Å². The van der Waals surface area contributed by atoms with E-state index in [4.69, 9.17) is 5.11 Å². The average molecular weight is 385 g/mol. The number of amides is 2. The Hall–Kier alpha value is -2.98. The first-order valence-corrected chi connectivity index (χ1v) is 7.83. The lowest BCUT2D eigenvalue weighted by Gasteiger charge is -2.15. The molecule has 0 aromatic heterocycles. The quantitative estimate of drug-likeness (QED) is 0.504. The van der Waals surface area contributed by atoms with Crippen LogP contribution in [0.25, 0.3) is 0 Å². The molecule has 0 atom stereocenters. The molecule has 0 aliphatic heterocycles. The zero-order chi connectivity index (χ0) is 19.9. The van der Waals surface area contributed by atoms with Crippen LogP contribution in [0, 0.1) is 0 Å². The molecule has 0 spiro atoms. The predicted octanol–water partition coefficient (Wildman–Crippen LogP) is 3.13. The van der Waals surface area contributed by atoms with Gasteiger partial charge in [0, 0.05) is 41.3 Å². The van der Waals surface area contributed by atoms with Crippen LogP contribution < -0.4 is 20.7 Å². The molecule has 0 radical (unpaired) electrons. The van der Waals surface area contributed by atoms with Crippen molar-refractivity contribution >= 4 is 23.1 Å². The molecule has 2 rings (SSSR count). The molecule has 27 heavy (non-hydrogen) atoms. The highest BCUT2D eigenvalue weighted by Gasteiger charge is 2.31. The fraction of sp³-hybridized carbons (Fsp3) is 0.235. The summed E-state index contributed by atoms with van der Waals surface area (Å²) in [5.41, 5.74) is 1.10. The second kappa shape index (κ2) is 9.10. The van der Waals surface area contributed by atoms with Gasteiger partial charge in [-0.05, 0) is 12.1 Å². The Morgan fingerprint density at radius 1 is 1.04 bits per heavy atom. The van der Waals surface area contributed by atoms with Crippen molar-refractivity contribution in [2.75, 3.05) is 29.1 Å². The fourth-order valence-electron chi connectivity index (χ4n) is 2.23. The normalized spacial score (nSPS) is 11.0. The van der Waals surface area contributed by atoms with Gasteiger partial charge < -0.3 is 30.9 Å². The number of rotatable bonds is 7. The van der Waals surface area contributed by atoms with Gasteiger partial charge in [0.2, 0.25) is 0 Å². The molecule has 0 fully saturated rings. The van der Waals surface area contributed by atoms with Crippen molar-refractivity contribution in [3.05, 3.63) is 48.0 Å². The van der Waals surface area contributed by atoms with E-state index in [0.29, 0.717) is 11.3 Å². The Morgan fingerprint density at radius 3 is 2.41 bits per heavy atom. The highest BCUT2D eigenvalue weighted by atomic mass is 19.4. The van der Waals surface area contributed by atoms with Crippen LogP contribution in [-0.2, 0) is 6.61 Å². The minimum Gasteiger partial charge on any atom is -0.406 e. The number of carbonyl (C=O) groups excluding carboxylic acids is 1. The maximum atomic E-state index is 12.5. The van der Waals surface area contributed by atoms with Crippen LogP contribution in [0.3, 0.4) is 0 Å². The van der Waals surface area contributed by atoms with Crippen molar-refractivity contribution in [1.29, 1.82) is 0 Å². The summed E-state index contributed by atoms with van der Waals surface area (Å²) in [4.78, 5) is 12.1. The molecule has 10 heteroatoms. The van der Waals surface area contributed by atoms with Crippen molar-refractivity contribution in [2.24, 2.45) is 0 Å². The van der Waals surface area contributed by atoms with Gasteiger partial charge in [-0.25, -0.2) is 4.79 Å². The molecule has 2 aromatic carbocycles. The third-order valence-electron chi connectivity index (χ3n) is 3.27. The topological polar surface area (TPSA) is 103 Å². The van der Waals surface area contributed by atoms with E-state index in [-0.39, 0.29) is 31.1 Å². The molecular weight excluding hydrogens is 367 g/mol. The molecule has 7 nitrogen and oxygen atoms in total. The van der Waals surface area contributed by atoms with Crippen molar-refractivity contribution < 1.29 is 32.9 Å². The number of ether oxygens (including phenoxy) is 1. The summed E-state index contributed by atoms with van der Waals surface area (Å²) in [5, 5.41) is 25.7. The summed E-state index contributed by atoms with van der Waals surface area (Å²) in [7, 11) is 0. The van der Waals surface area contributed by atoms with E-state index in [1.165, 1.54) is 6.07 Å². The van der Waals surface area contributed by atoms with E-state index in [0.717, 1.165) is 12.1 Å². The van der Waals surface area contributed by atoms with Gasteiger partial charge in [0.15, 0.2) is 0 Å². The molecule has 0 saturated carbocycles. The van der Waals surface area contributed by atoms with Crippen LogP contribution >= 0.6 is 0 Å². The van der Waals surface area contributed by atoms with Gasteiger partial charge >= 0.3 is 12.4 Å². The van der Waals surface area contributed by atoms with Gasteiger partial charge in [0.25, 0.3) is 0 Å². The average Bonchev–Trinajstić information content (AvgIpc) is 2.58. The minimum absolute atomic E-state index is 0.0381. The van der Waals surface area contributed by atoms with Gasteiger partial charge in [0.05, 0.1) is 13.2 Å². The third-order valence-corrected chi connectivity index (χ3v) is 3.27. The second-order valence-corrected chi connectivity index (χ2v) is 5.34. The van der Waals surface area contributed by atoms with Crippen LogP contribution in [0.15, 0.2) is 42.5 Å². The number of carbonyl (C=O) groups is 1. The molecule has 0 bridgehead atoms. The van der Waals surface area contributed by atoms with Gasteiger partial charge in [-0.15, -0.1) is 13.2 Å². The Balaban J connectivity index is 2.17. The number of urea groups is 1. The molecule has 2 amide bonds. The first-order valence-electron chi connectivity index (χ1n) is 7.83. The number of halogens is 3. The van der Waals surface area contributed by atoms with E-state index in [1.54, 1.807) is 24.3 Å². The van der Waals surface area contributed by atoms with Crippen LogP contribution in [0.1, 0.15) is 5.56 Å². The lowest BCUT2D eigenvalue weighted by atomic mass is 10.2. The molecule has 0 aliphatic rings. The summed E-state index contributed by atoms with van der Waals surface area (Å²) in [6.07, 6.45) is -4.89. The maximum Gasteiger partial charge on any atom is 0.573 e. The highest BCUT2D eigenvalue weighted by Crippen LogP contribution is 2.29. The standard InChI is InChI=1S/C17H18F3N3O4/c18-17(19,20)27-14-8-12(21-5-6-24)7-13(9-14)22-16(26)23-15-4-2-1-3-11(15)10-25/h1-4,7-9,21,24-25H,5-6,10H2,(H2,22,23,26).